The molecule has 0 bridgehead atoms. The molecule has 0 saturated carbocycles. The van der Waals surface area contributed by atoms with Crippen molar-refractivity contribution >= 4 is 11.9 Å². The molecule has 1 atom stereocenters. The number of aliphatic carboxylic acids is 1. The largest absolute Gasteiger partial charge is 0.496 e. The van der Waals surface area contributed by atoms with Crippen molar-refractivity contribution in [3.05, 3.63) is 29.6 Å². The van der Waals surface area contributed by atoms with E-state index in [2.05, 4.69) is 0 Å². The van der Waals surface area contributed by atoms with Crippen LogP contribution >= 0.6 is 0 Å². The molecule has 1 aromatic carbocycles. The molecule has 108 valence electrons. The summed E-state index contributed by atoms with van der Waals surface area (Å²) >= 11 is 0. The number of benzene rings is 1. The van der Waals surface area contributed by atoms with Gasteiger partial charge in [-0.25, -0.2) is 4.39 Å². The lowest BCUT2D eigenvalue weighted by Gasteiger charge is -2.21. The summed E-state index contributed by atoms with van der Waals surface area (Å²) in [5.74, 6) is -1.60. The molecule has 0 radical (unpaired) electrons. The number of nitrogens with zero attached hydrogens (tertiary/aromatic N) is 1. The minimum Gasteiger partial charge on any atom is -0.496 e. The summed E-state index contributed by atoms with van der Waals surface area (Å²) in [5.41, 5.74) is -0.835. The Morgan fingerprint density at radius 3 is 2.70 bits per heavy atom. The monoisotopic (exact) mass is 281 g/mol. The van der Waals surface area contributed by atoms with Gasteiger partial charge >= 0.3 is 5.97 Å². The van der Waals surface area contributed by atoms with E-state index in [4.69, 9.17) is 9.84 Å². The smallest absolute Gasteiger partial charge is 0.311 e. The third kappa shape index (κ3) is 2.45. The molecule has 1 aromatic rings. The molecule has 1 saturated heterocycles. The van der Waals surface area contributed by atoms with Gasteiger partial charge in [-0.15, -0.1) is 0 Å². The first-order valence-corrected chi connectivity index (χ1v) is 6.23. The highest BCUT2D eigenvalue weighted by atomic mass is 19.1. The average molecular weight is 281 g/mol. The predicted molar refractivity (Wildman–Crippen MR) is 69.2 cm³/mol. The highest BCUT2D eigenvalue weighted by Gasteiger charge is 2.42. The van der Waals surface area contributed by atoms with Gasteiger partial charge in [0.15, 0.2) is 0 Å². The molecule has 0 aromatic heterocycles. The number of ether oxygens (including phenoxy) is 1. The van der Waals surface area contributed by atoms with Crippen molar-refractivity contribution in [1.82, 2.24) is 4.90 Å². The first kappa shape index (κ1) is 14.3. The maximum Gasteiger partial charge on any atom is 0.311 e. The van der Waals surface area contributed by atoms with Gasteiger partial charge in [-0.05, 0) is 31.5 Å². The summed E-state index contributed by atoms with van der Waals surface area (Å²) in [6.07, 6.45) is 0.381. The van der Waals surface area contributed by atoms with Gasteiger partial charge in [0.05, 0.1) is 18.1 Å². The second-order valence-electron chi connectivity index (χ2n) is 5.19. The topological polar surface area (TPSA) is 66.8 Å². The zero-order chi connectivity index (χ0) is 14.9. The van der Waals surface area contributed by atoms with Crippen LogP contribution in [0.3, 0.4) is 0 Å². The number of rotatable bonds is 3. The molecule has 1 heterocycles. The molecule has 20 heavy (non-hydrogen) atoms. The lowest BCUT2D eigenvalue weighted by Crippen LogP contribution is -2.35. The molecule has 5 nitrogen and oxygen atoms in total. The van der Waals surface area contributed by atoms with Gasteiger partial charge in [-0.1, -0.05) is 0 Å². The maximum atomic E-state index is 13.3. The zero-order valence-electron chi connectivity index (χ0n) is 11.4. The van der Waals surface area contributed by atoms with Crippen LogP contribution in [0.15, 0.2) is 18.2 Å². The van der Waals surface area contributed by atoms with Crippen molar-refractivity contribution in [3.8, 4) is 5.75 Å². The Hall–Kier alpha value is -2.11. The summed E-state index contributed by atoms with van der Waals surface area (Å²) in [7, 11) is 1.40. The van der Waals surface area contributed by atoms with Crippen molar-refractivity contribution in [3.63, 3.8) is 0 Å². The van der Waals surface area contributed by atoms with Crippen molar-refractivity contribution in [2.75, 3.05) is 20.2 Å². The molecule has 1 aliphatic heterocycles. The molecule has 0 unspecified atom stereocenters. The standard InChI is InChI=1S/C14H16FNO4/c1-14(13(18)19)5-6-16(8-14)12(17)10-7-9(15)3-4-11(10)20-2/h3-4,7H,5-6,8H2,1-2H3,(H,18,19)/t14-/m0/s1. The van der Waals surface area contributed by atoms with Gasteiger partial charge in [0.1, 0.15) is 11.6 Å². The van der Waals surface area contributed by atoms with Crippen LogP contribution in [0.25, 0.3) is 0 Å². The number of carbonyl (C=O) groups is 2. The van der Waals surface area contributed by atoms with E-state index >= 15 is 0 Å². The van der Waals surface area contributed by atoms with E-state index in [9.17, 15) is 14.0 Å². The lowest BCUT2D eigenvalue weighted by molar-refractivity contribution is -0.147. The number of carboxylic acid groups (broad SMARTS) is 1. The third-order valence-corrected chi connectivity index (χ3v) is 3.67. The van der Waals surface area contributed by atoms with Crippen molar-refractivity contribution in [2.24, 2.45) is 5.41 Å². The fourth-order valence-electron chi connectivity index (χ4n) is 2.33. The molecule has 1 aliphatic rings. The molecule has 6 heteroatoms. The van der Waals surface area contributed by atoms with Crippen LogP contribution in [0.1, 0.15) is 23.7 Å². The lowest BCUT2D eigenvalue weighted by atomic mass is 9.90. The zero-order valence-corrected chi connectivity index (χ0v) is 11.4. The highest BCUT2D eigenvalue weighted by molar-refractivity contribution is 5.97. The quantitative estimate of drug-likeness (QED) is 0.917. The SMILES string of the molecule is COc1ccc(F)cc1C(=O)N1CC[C@](C)(C(=O)O)C1. The highest BCUT2D eigenvalue weighted by Crippen LogP contribution is 2.32. The Bertz CT molecular complexity index is 560. The van der Waals surface area contributed by atoms with Gasteiger partial charge < -0.3 is 14.7 Å². The summed E-state index contributed by atoms with van der Waals surface area (Å²) in [6.45, 7) is 2.05. The number of carboxylic acids is 1. The van der Waals surface area contributed by atoms with E-state index in [-0.39, 0.29) is 17.9 Å². The van der Waals surface area contributed by atoms with Gasteiger partial charge in [0.25, 0.3) is 5.91 Å². The number of carbonyl (C=O) groups excluding carboxylic acids is 1. The van der Waals surface area contributed by atoms with E-state index in [0.29, 0.717) is 13.0 Å². The second kappa shape index (κ2) is 5.11. The number of halogens is 1. The van der Waals surface area contributed by atoms with Gasteiger partial charge in [0, 0.05) is 13.1 Å². The van der Waals surface area contributed by atoms with E-state index in [1.807, 2.05) is 0 Å². The Morgan fingerprint density at radius 1 is 1.45 bits per heavy atom. The van der Waals surface area contributed by atoms with E-state index in [1.54, 1.807) is 6.92 Å². The number of likely N-dealkylation sites (tertiary alicyclic amines) is 1. The van der Waals surface area contributed by atoms with Crippen LogP contribution in [-0.2, 0) is 4.79 Å². The number of hydrogen-bond acceptors (Lipinski definition) is 3. The molecule has 1 N–H and O–H groups in total. The van der Waals surface area contributed by atoms with Crippen molar-refractivity contribution < 1.29 is 23.8 Å². The maximum absolute atomic E-state index is 13.3. The normalized spacial score (nSPS) is 21.9. The van der Waals surface area contributed by atoms with Crippen LogP contribution in [-0.4, -0.2) is 42.1 Å². The van der Waals surface area contributed by atoms with Crippen LogP contribution in [0, 0.1) is 11.2 Å². The molecular weight excluding hydrogens is 265 g/mol. The fraction of sp³-hybridized carbons (Fsp3) is 0.429. The minimum atomic E-state index is -0.948. The third-order valence-electron chi connectivity index (χ3n) is 3.67. The van der Waals surface area contributed by atoms with E-state index in [0.717, 1.165) is 6.07 Å². The first-order chi connectivity index (χ1) is 9.37. The molecule has 0 aliphatic carbocycles. The first-order valence-electron chi connectivity index (χ1n) is 6.23. The van der Waals surface area contributed by atoms with Crippen LogP contribution in [0.2, 0.25) is 0 Å². The van der Waals surface area contributed by atoms with Crippen molar-refractivity contribution in [2.45, 2.75) is 13.3 Å². The van der Waals surface area contributed by atoms with Gasteiger partial charge in [-0.2, -0.15) is 0 Å². The van der Waals surface area contributed by atoms with Crippen LogP contribution in [0.4, 0.5) is 4.39 Å². The summed E-state index contributed by atoms with van der Waals surface area (Å²) < 4.78 is 18.3. The Kier molecular flexibility index (Phi) is 3.65. The molecule has 1 fully saturated rings. The summed E-state index contributed by atoms with van der Waals surface area (Å²) in [4.78, 5) is 25.0. The number of methoxy groups -OCH3 is 1. The van der Waals surface area contributed by atoms with E-state index < -0.39 is 23.1 Å². The average Bonchev–Trinajstić information content (AvgIpc) is 2.82. The van der Waals surface area contributed by atoms with Gasteiger partial charge in [0.2, 0.25) is 0 Å². The number of hydrogen-bond donors (Lipinski definition) is 1. The minimum absolute atomic E-state index is 0.112. The summed E-state index contributed by atoms with van der Waals surface area (Å²) in [5, 5.41) is 9.16. The molecule has 2 rings (SSSR count). The van der Waals surface area contributed by atoms with Crippen LogP contribution in [0.5, 0.6) is 5.75 Å². The second-order valence-corrected chi connectivity index (χ2v) is 5.19. The van der Waals surface area contributed by atoms with Crippen LogP contribution < -0.4 is 4.74 Å². The molecule has 0 spiro atoms. The fourth-order valence-corrected chi connectivity index (χ4v) is 2.33. The Labute approximate surface area is 116 Å². The van der Waals surface area contributed by atoms with Crippen molar-refractivity contribution in [1.29, 1.82) is 0 Å². The van der Waals surface area contributed by atoms with Gasteiger partial charge in [-0.3, -0.25) is 9.59 Å². The Balaban J connectivity index is 2.25. The Morgan fingerprint density at radius 2 is 2.15 bits per heavy atom. The molecule has 1 amide bonds. The van der Waals surface area contributed by atoms with E-state index in [1.165, 1.54) is 24.1 Å². The predicted octanol–water partition coefficient (Wildman–Crippen LogP) is 1.77. The number of amides is 1. The molecular formula is C14H16FNO4. The summed E-state index contributed by atoms with van der Waals surface area (Å²) in [6, 6.07) is 3.70.